The zero-order valence-corrected chi connectivity index (χ0v) is 14.6. The number of nitrogens with one attached hydrogen (secondary N) is 1. The fraction of sp³-hybridized carbons (Fsp3) is 0.632. The van der Waals surface area contributed by atoms with Crippen molar-refractivity contribution in [2.75, 3.05) is 18.0 Å². The quantitative estimate of drug-likeness (QED) is 0.910. The van der Waals surface area contributed by atoms with Crippen LogP contribution in [0.5, 0.6) is 0 Å². The van der Waals surface area contributed by atoms with Crippen molar-refractivity contribution in [1.29, 1.82) is 0 Å². The molecule has 0 bridgehead atoms. The highest BCUT2D eigenvalue weighted by Crippen LogP contribution is 2.25. The minimum Gasteiger partial charge on any atom is -0.371 e. The number of carbonyl (C=O) groups excluding carboxylic acids is 1. The number of amides is 1. The van der Waals surface area contributed by atoms with Gasteiger partial charge in [-0.25, -0.2) is 0 Å². The van der Waals surface area contributed by atoms with E-state index in [0.29, 0.717) is 0 Å². The van der Waals surface area contributed by atoms with Gasteiger partial charge < -0.3 is 10.2 Å². The van der Waals surface area contributed by atoms with E-state index in [-0.39, 0.29) is 17.4 Å². The summed E-state index contributed by atoms with van der Waals surface area (Å²) in [4.78, 5) is 14.5. The van der Waals surface area contributed by atoms with Gasteiger partial charge in [-0.1, -0.05) is 39.8 Å². The third kappa shape index (κ3) is 4.25. The van der Waals surface area contributed by atoms with Crippen molar-refractivity contribution in [1.82, 2.24) is 5.32 Å². The summed E-state index contributed by atoms with van der Waals surface area (Å²) in [7, 11) is 0. The van der Waals surface area contributed by atoms with E-state index in [1.165, 1.54) is 18.5 Å². The molecule has 22 heavy (non-hydrogen) atoms. The number of carbonyl (C=O) groups is 1. The molecule has 1 aromatic rings. The molecule has 1 fully saturated rings. The number of piperidine rings is 1. The molecule has 1 aromatic carbocycles. The molecule has 3 nitrogen and oxygen atoms in total. The molecule has 0 unspecified atom stereocenters. The van der Waals surface area contributed by atoms with E-state index in [1.807, 2.05) is 27.7 Å². The second-order valence-corrected chi connectivity index (χ2v) is 7.73. The zero-order chi connectivity index (χ0) is 16.3. The standard InChI is InChI=1S/C19H30N2O/c1-14-7-6-12-21(13-14)17-10-8-16(9-11-17)15(2)20-18(22)19(3,4)5/h8-11,14-15H,6-7,12-13H2,1-5H3,(H,20,22)/t14-,15-/m1/s1. The molecule has 0 aliphatic carbocycles. The van der Waals surface area contributed by atoms with Gasteiger partial charge >= 0.3 is 0 Å². The van der Waals surface area contributed by atoms with Crippen LogP contribution in [0.2, 0.25) is 0 Å². The summed E-state index contributed by atoms with van der Waals surface area (Å²) >= 11 is 0. The van der Waals surface area contributed by atoms with Gasteiger partial charge in [0.1, 0.15) is 0 Å². The molecule has 2 rings (SSSR count). The third-order valence-corrected chi connectivity index (χ3v) is 4.44. The topological polar surface area (TPSA) is 32.3 Å². The van der Waals surface area contributed by atoms with Gasteiger partial charge in [0.15, 0.2) is 0 Å². The molecule has 2 atom stereocenters. The minimum absolute atomic E-state index is 0.0426. The van der Waals surface area contributed by atoms with Crippen LogP contribution in [-0.2, 0) is 4.79 Å². The molecule has 1 N–H and O–H groups in total. The maximum atomic E-state index is 12.1. The highest BCUT2D eigenvalue weighted by atomic mass is 16.2. The molecule has 0 aromatic heterocycles. The van der Waals surface area contributed by atoms with Crippen LogP contribution in [0.1, 0.15) is 59.1 Å². The van der Waals surface area contributed by atoms with Crippen molar-refractivity contribution in [3.8, 4) is 0 Å². The average molecular weight is 302 g/mol. The summed E-state index contributed by atoms with van der Waals surface area (Å²) in [6.45, 7) is 12.5. The summed E-state index contributed by atoms with van der Waals surface area (Å²) in [5.74, 6) is 0.868. The number of nitrogens with zero attached hydrogens (tertiary/aromatic N) is 1. The molecule has 1 amide bonds. The van der Waals surface area contributed by atoms with Gasteiger partial charge in [-0.2, -0.15) is 0 Å². The van der Waals surface area contributed by atoms with Gasteiger partial charge in [-0.15, -0.1) is 0 Å². The van der Waals surface area contributed by atoms with E-state index >= 15 is 0 Å². The van der Waals surface area contributed by atoms with Crippen LogP contribution in [0, 0.1) is 11.3 Å². The Morgan fingerprint density at radius 1 is 1.27 bits per heavy atom. The summed E-state index contributed by atoms with van der Waals surface area (Å²) in [6, 6.07) is 8.70. The van der Waals surface area contributed by atoms with Crippen LogP contribution >= 0.6 is 0 Å². The molecule has 1 aliphatic rings. The van der Waals surface area contributed by atoms with Crippen LogP contribution in [0.25, 0.3) is 0 Å². The number of hydrogen-bond acceptors (Lipinski definition) is 2. The van der Waals surface area contributed by atoms with Crippen molar-refractivity contribution in [2.45, 2.75) is 53.5 Å². The van der Waals surface area contributed by atoms with Crippen molar-refractivity contribution in [3.63, 3.8) is 0 Å². The second kappa shape index (κ2) is 6.72. The Bertz CT molecular complexity index is 501. The number of anilines is 1. The maximum Gasteiger partial charge on any atom is 0.225 e. The number of hydrogen-bond donors (Lipinski definition) is 1. The van der Waals surface area contributed by atoms with E-state index in [4.69, 9.17) is 0 Å². The van der Waals surface area contributed by atoms with Gasteiger partial charge in [0, 0.05) is 24.2 Å². The summed E-state index contributed by atoms with van der Waals surface area (Å²) in [6.07, 6.45) is 2.62. The van der Waals surface area contributed by atoms with Crippen molar-refractivity contribution >= 4 is 11.6 Å². The van der Waals surface area contributed by atoms with E-state index in [9.17, 15) is 4.79 Å². The highest BCUT2D eigenvalue weighted by Gasteiger charge is 2.23. The number of benzene rings is 1. The Labute approximate surface area is 135 Å². The van der Waals surface area contributed by atoms with E-state index in [1.54, 1.807) is 0 Å². The Morgan fingerprint density at radius 3 is 2.45 bits per heavy atom. The highest BCUT2D eigenvalue weighted by molar-refractivity contribution is 5.81. The Kier molecular flexibility index (Phi) is 5.15. The molecule has 0 radical (unpaired) electrons. The molecular formula is C19H30N2O. The Balaban J connectivity index is 2.00. The summed E-state index contributed by atoms with van der Waals surface area (Å²) < 4.78 is 0. The normalized spacial score (nSPS) is 20.6. The lowest BCUT2D eigenvalue weighted by molar-refractivity contribution is -0.129. The van der Waals surface area contributed by atoms with Gasteiger partial charge in [-0.3, -0.25) is 4.79 Å². The first-order valence-electron chi connectivity index (χ1n) is 8.43. The Morgan fingerprint density at radius 2 is 1.91 bits per heavy atom. The minimum atomic E-state index is -0.349. The lowest BCUT2D eigenvalue weighted by Crippen LogP contribution is -2.36. The van der Waals surface area contributed by atoms with Crippen LogP contribution in [0.15, 0.2) is 24.3 Å². The Hall–Kier alpha value is -1.51. The molecule has 1 aliphatic heterocycles. The van der Waals surface area contributed by atoms with E-state index in [0.717, 1.165) is 24.6 Å². The zero-order valence-electron chi connectivity index (χ0n) is 14.6. The van der Waals surface area contributed by atoms with Crippen LogP contribution in [0.3, 0.4) is 0 Å². The molecule has 0 spiro atoms. The van der Waals surface area contributed by atoms with Crippen LogP contribution < -0.4 is 10.2 Å². The molecular weight excluding hydrogens is 272 g/mol. The van der Waals surface area contributed by atoms with Crippen LogP contribution in [0.4, 0.5) is 5.69 Å². The monoisotopic (exact) mass is 302 g/mol. The summed E-state index contributed by atoms with van der Waals surface area (Å²) in [5, 5.41) is 3.09. The first-order chi connectivity index (χ1) is 10.3. The van der Waals surface area contributed by atoms with Crippen molar-refractivity contribution in [2.24, 2.45) is 11.3 Å². The third-order valence-electron chi connectivity index (χ3n) is 4.44. The SMILES string of the molecule is C[C@@H]1CCCN(c2ccc([C@@H](C)NC(=O)C(C)(C)C)cc2)C1. The fourth-order valence-corrected chi connectivity index (χ4v) is 2.89. The fourth-order valence-electron chi connectivity index (χ4n) is 2.89. The number of rotatable bonds is 3. The molecule has 1 saturated heterocycles. The van der Waals surface area contributed by atoms with Gasteiger partial charge in [0.25, 0.3) is 0 Å². The lowest BCUT2D eigenvalue weighted by atomic mass is 9.94. The second-order valence-electron chi connectivity index (χ2n) is 7.73. The van der Waals surface area contributed by atoms with Gasteiger partial charge in [-0.05, 0) is 43.4 Å². The smallest absolute Gasteiger partial charge is 0.225 e. The molecule has 1 heterocycles. The van der Waals surface area contributed by atoms with Crippen molar-refractivity contribution in [3.05, 3.63) is 29.8 Å². The predicted octanol–water partition coefficient (Wildman–Crippen LogP) is 4.15. The first-order valence-corrected chi connectivity index (χ1v) is 8.43. The molecule has 3 heteroatoms. The lowest BCUT2D eigenvalue weighted by Gasteiger charge is -2.33. The van der Waals surface area contributed by atoms with E-state index in [2.05, 4.69) is 41.4 Å². The molecule has 122 valence electrons. The van der Waals surface area contributed by atoms with Gasteiger partial charge in [0.2, 0.25) is 5.91 Å². The van der Waals surface area contributed by atoms with Crippen LogP contribution in [-0.4, -0.2) is 19.0 Å². The average Bonchev–Trinajstić information content (AvgIpc) is 2.46. The predicted molar refractivity (Wildman–Crippen MR) is 93.1 cm³/mol. The van der Waals surface area contributed by atoms with E-state index < -0.39 is 0 Å². The molecule has 0 saturated carbocycles. The van der Waals surface area contributed by atoms with Crippen molar-refractivity contribution < 1.29 is 4.79 Å². The first kappa shape index (κ1) is 16.9. The van der Waals surface area contributed by atoms with Gasteiger partial charge in [0.05, 0.1) is 6.04 Å². The largest absolute Gasteiger partial charge is 0.371 e. The maximum absolute atomic E-state index is 12.1. The summed E-state index contributed by atoms with van der Waals surface area (Å²) in [5.41, 5.74) is 2.11.